The molecule has 4 nitrogen and oxygen atoms in total. The molecule has 3 aliphatic rings. The fourth-order valence-electron chi connectivity index (χ4n) is 8.44. The van der Waals surface area contributed by atoms with Gasteiger partial charge in [0.1, 0.15) is 0 Å². The lowest BCUT2D eigenvalue weighted by Crippen LogP contribution is -2.37. The molecular weight excluding hydrogens is 520 g/mol. The molecule has 4 heteroatoms. The normalized spacial score (nSPS) is 25.6. The van der Waals surface area contributed by atoms with Crippen LogP contribution in [0.5, 0.6) is 0 Å². The van der Waals surface area contributed by atoms with Crippen molar-refractivity contribution < 1.29 is 19.1 Å². The molecule has 0 saturated heterocycles. The molecule has 0 heterocycles. The molecule has 0 aromatic heterocycles. The standard InChI is InChI=1S/C24H28O2.C14H14O2/c1-24(14-18-12-22(24)21-11-5-10-20(18)21)15-26-23(25)13-17-8-4-7-16-6-2-3-9-19(16)17;1-2-16-14(15)10-12-8-5-7-11-6-3-4-9-13(11)12/h2-4,6-9,18,20-22H,5,10-15H2,1H3;3-9H,2,10H2,1H3. The zero-order valence-electron chi connectivity index (χ0n) is 24.9. The SMILES string of the molecule is CC1(COC(=O)Cc2cccc3ccccc23)CC2CC1C1CCCC21.CCOC(=O)Cc1cccc2ccccc12. The molecule has 0 N–H and O–H groups in total. The van der Waals surface area contributed by atoms with Gasteiger partial charge in [0.25, 0.3) is 0 Å². The predicted molar refractivity (Wildman–Crippen MR) is 168 cm³/mol. The number of esters is 2. The van der Waals surface area contributed by atoms with Crippen molar-refractivity contribution in [3.8, 4) is 0 Å². The lowest BCUT2D eigenvalue weighted by atomic mass is 9.67. The maximum Gasteiger partial charge on any atom is 0.310 e. The van der Waals surface area contributed by atoms with Gasteiger partial charge in [-0.15, -0.1) is 0 Å². The molecular formula is C38H42O4. The summed E-state index contributed by atoms with van der Waals surface area (Å²) in [5.41, 5.74) is 2.31. The Labute approximate surface area is 249 Å². The van der Waals surface area contributed by atoms with E-state index in [-0.39, 0.29) is 17.4 Å². The molecule has 0 spiro atoms. The van der Waals surface area contributed by atoms with Gasteiger partial charge in [-0.3, -0.25) is 9.59 Å². The second kappa shape index (κ2) is 12.3. The van der Waals surface area contributed by atoms with E-state index in [0.717, 1.165) is 51.0 Å². The first-order valence-electron chi connectivity index (χ1n) is 15.7. The summed E-state index contributed by atoms with van der Waals surface area (Å²) in [6.45, 7) is 5.24. The van der Waals surface area contributed by atoms with Gasteiger partial charge >= 0.3 is 11.9 Å². The zero-order chi connectivity index (χ0) is 29.1. The molecule has 5 atom stereocenters. The van der Waals surface area contributed by atoms with E-state index in [1.165, 1.54) is 37.5 Å². The molecule has 218 valence electrons. The van der Waals surface area contributed by atoms with Crippen LogP contribution in [0.2, 0.25) is 0 Å². The number of hydrogen-bond donors (Lipinski definition) is 0. The molecule has 0 aliphatic heterocycles. The van der Waals surface area contributed by atoms with Crippen LogP contribution in [-0.4, -0.2) is 25.2 Å². The summed E-state index contributed by atoms with van der Waals surface area (Å²) in [4.78, 5) is 24.0. The van der Waals surface area contributed by atoms with Gasteiger partial charge in [-0.05, 0) is 89.0 Å². The molecule has 4 aromatic rings. The van der Waals surface area contributed by atoms with Crippen molar-refractivity contribution in [3.05, 3.63) is 96.1 Å². The van der Waals surface area contributed by atoms with Crippen LogP contribution in [0.25, 0.3) is 21.5 Å². The minimum Gasteiger partial charge on any atom is -0.466 e. The first-order valence-corrected chi connectivity index (χ1v) is 15.7. The largest absolute Gasteiger partial charge is 0.466 e. The van der Waals surface area contributed by atoms with Crippen molar-refractivity contribution in [1.29, 1.82) is 0 Å². The highest BCUT2D eigenvalue weighted by Gasteiger charge is 2.59. The van der Waals surface area contributed by atoms with Crippen LogP contribution in [-0.2, 0) is 31.9 Å². The summed E-state index contributed by atoms with van der Waals surface area (Å²) < 4.78 is 10.8. The second-order valence-corrected chi connectivity index (χ2v) is 12.8. The van der Waals surface area contributed by atoms with Crippen molar-refractivity contribution in [2.45, 2.75) is 58.8 Å². The van der Waals surface area contributed by atoms with Gasteiger partial charge in [-0.1, -0.05) is 98.3 Å². The van der Waals surface area contributed by atoms with Crippen LogP contribution < -0.4 is 0 Å². The number of hydrogen-bond acceptors (Lipinski definition) is 4. The summed E-state index contributed by atoms with van der Waals surface area (Å²) in [5, 5.41) is 4.62. The molecule has 42 heavy (non-hydrogen) atoms. The Morgan fingerprint density at radius 3 is 1.90 bits per heavy atom. The molecule has 7 rings (SSSR count). The molecule has 4 aromatic carbocycles. The van der Waals surface area contributed by atoms with E-state index in [1.807, 2.05) is 73.7 Å². The summed E-state index contributed by atoms with van der Waals surface area (Å²) in [6, 6.07) is 28.5. The summed E-state index contributed by atoms with van der Waals surface area (Å²) in [7, 11) is 0. The average molecular weight is 563 g/mol. The molecule has 0 radical (unpaired) electrons. The Kier molecular flexibility index (Phi) is 8.33. The van der Waals surface area contributed by atoms with E-state index in [1.54, 1.807) is 0 Å². The highest BCUT2D eigenvalue weighted by Crippen LogP contribution is 2.65. The minimum atomic E-state index is -0.168. The van der Waals surface area contributed by atoms with E-state index in [2.05, 4.69) is 25.1 Å². The Balaban J connectivity index is 0.000000170. The van der Waals surface area contributed by atoms with Crippen LogP contribution in [0.4, 0.5) is 0 Å². The lowest BCUT2D eigenvalue weighted by molar-refractivity contribution is -0.148. The quantitative estimate of drug-likeness (QED) is 0.213. The van der Waals surface area contributed by atoms with E-state index < -0.39 is 0 Å². The maximum atomic E-state index is 12.6. The van der Waals surface area contributed by atoms with Gasteiger partial charge < -0.3 is 9.47 Å². The van der Waals surface area contributed by atoms with Gasteiger partial charge in [-0.25, -0.2) is 0 Å². The van der Waals surface area contributed by atoms with Crippen LogP contribution >= 0.6 is 0 Å². The number of rotatable bonds is 7. The van der Waals surface area contributed by atoms with Gasteiger partial charge in [0.2, 0.25) is 0 Å². The Hall–Kier alpha value is -3.66. The van der Waals surface area contributed by atoms with Crippen molar-refractivity contribution in [2.75, 3.05) is 13.2 Å². The number of carbonyl (C=O) groups is 2. The topological polar surface area (TPSA) is 52.6 Å². The van der Waals surface area contributed by atoms with E-state index in [0.29, 0.717) is 26.1 Å². The average Bonchev–Trinajstić information content (AvgIpc) is 3.70. The molecule has 3 saturated carbocycles. The summed E-state index contributed by atoms with van der Waals surface area (Å²) in [6.07, 6.45) is 7.63. The summed E-state index contributed by atoms with van der Waals surface area (Å²) in [5.74, 6) is 3.33. The van der Waals surface area contributed by atoms with Crippen LogP contribution in [0.3, 0.4) is 0 Å². The number of fused-ring (bicyclic) bond motifs is 7. The van der Waals surface area contributed by atoms with E-state index >= 15 is 0 Å². The van der Waals surface area contributed by atoms with Crippen LogP contribution in [0.15, 0.2) is 84.9 Å². The molecule has 2 bridgehead atoms. The highest BCUT2D eigenvalue weighted by atomic mass is 16.5. The Morgan fingerprint density at radius 1 is 0.738 bits per heavy atom. The third kappa shape index (κ3) is 5.82. The zero-order valence-corrected chi connectivity index (χ0v) is 24.9. The van der Waals surface area contributed by atoms with Crippen molar-refractivity contribution in [3.63, 3.8) is 0 Å². The second-order valence-electron chi connectivity index (χ2n) is 12.8. The Morgan fingerprint density at radius 2 is 1.29 bits per heavy atom. The first kappa shape index (κ1) is 28.5. The monoisotopic (exact) mass is 562 g/mol. The number of ether oxygens (including phenoxy) is 2. The van der Waals surface area contributed by atoms with Crippen molar-refractivity contribution in [1.82, 2.24) is 0 Å². The van der Waals surface area contributed by atoms with Gasteiger partial charge in [0.15, 0.2) is 0 Å². The predicted octanol–water partition coefficient (Wildman–Crippen LogP) is 8.33. The first-order chi connectivity index (χ1) is 20.4. The number of carbonyl (C=O) groups excluding carboxylic acids is 2. The van der Waals surface area contributed by atoms with Gasteiger partial charge in [0, 0.05) is 5.41 Å². The van der Waals surface area contributed by atoms with Gasteiger partial charge in [-0.2, -0.15) is 0 Å². The van der Waals surface area contributed by atoms with Crippen LogP contribution in [0.1, 0.15) is 57.1 Å². The molecule has 0 amide bonds. The number of benzene rings is 4. The smallest absolute Gasteiger partial charge is 0.310 e. The minimum absolute atomic E-state index is 0.0756. The van der Waals surface area contributed by atoms with Crippen LogP contribution in [0, 0.1) is 29.1 Å². The van der Waals surface area contributed by atoms with Crippen molar-refractivity contribution in [2.24, 2.45) is 29.1 Å². The lowest BCUT2D eigenvalue weighted by Gasteiger charge is -2.39. The van der Waals surface area contributed by atoms with E-state index in [9.17, 15) is 9.59 Å². The fraction of sp³-hybridized carbons (Fsp3) is 0.421. The fourth-order valence-corrected chi connectivity index (χ4v) is 8.44. The van der Waals surface area contributed by atoms with E-state index in [4.69, 9.17) is 9.47 Å². The van der Waals surface area contributed by atoms with Crippen molar-refractivity contribution >= 4 is 33.5 Å². The maximum absolute atomic E-state index is 12.6. The molecule has 5 unspecified atom stereocenters. The summed E-state index contributed by atoms with van der Waals surface area (Å²) >= 11 is 0. The molecule has 3 aliphatic carbocycles. The highest BCUT2D eigenvalue weighted by molar-refractivity contribution is 5.89. The third-order valence-electron chi connectivity index (χ3n) is 10.2. The molecule has 3 fully saturated rings. The third-order valence-corrected chi connectivity index (χ3v) is 10.2. The Bertz CT molecular complexity index is 1560. The van der Waals surface area contributed by atoms with Gasteiger partial charge in [0.05, 0.1) is 26.1 Å².